The van der Waals surface area contributed by atoms with Crippen LogP contribution in [-0.2, 0) is 4.79 Å². The first-order valence-corrected chi connectivity index (χ1v) is 9.92. The van der Waals surface area contributed by atoms with Crippen molar-refractivity contribution in [2.24, 2.45) is 0 Å². The van der Waals surface area contributed by atoms with Crippen molar-refractivity contribution in [3.05, 3.63) is 36.5 Å². The Kier molecular flexibility index (Phi) is 8.28. The number of halogens is 1. The molecule has 25 heavy (non-hydrogen) atoms. The van der Waals surface area contributed by atoms with Gasteiger partial charge in [-0.3, -0.25) is 4.79 Å². The molecule has 2 rings (SSSR count). The zero-order valence-corrected chi connectivity index (χ0v) is 16.0. The van der Waals surface area contributed by atoms with Crippen LogP contribution in [0.1, 0.15) is 32.1 Å². The number of carbonyl (C=O) groups is 1. The molecule has 0 saturated heterocycles. The fourth-order valence-electron chi connectivity index (χ4n) is 2.83. The maximum absolute atomic E-state index is 12.1. The van der Waals surface area contributed by atoms with Gasteiger partial charge >= 0.3 is 0 Å². The van der Waals surface area contributed by atoms with Crippen LogP contribution >= 0.6 is 23.4 Å². The second-order valence-electron chi connectivity index (χ2n) is 6.00. The lowest BCUT2D eigenvalue weighted by molar-refractivity contribution is -0.119. The fraction of sp³-hybridized carbons (Fsp3) is 0.500. The molecular formula is C18H25ClN4OS. The Hall–Kier alpha value is -1.53. The predicted molar refractivity (Wildman–Crippen MR) is 105 cm³/mol. The summed E-state index contributed by atoms with van der Waals surface area (Å²) in [6.07, 6.45) is 9.40. The van der Waals surface area contributed by atoms with Crippen LogP contribution in [0.4, 0.5) is 5.82 Å². The molecule has 0 spiro atoms. The maximum atomic E-state index is 12.1. The summed E-state index contributed by atoms with van der Waals surface area (Å²) in [5.74, 6) is 1.02. The number of amides is 1. The van der Waals surface area contributed by atoms with E-state index in [1.54, 1.807) is 18.2 Å². The van der Waals surface area contributed by atoms with Gasteiger partial charge in [-0.1, -0.05) is 54.8 Å². The van der Waals surface area contributed by atoms with Gasteiger partial charge in [0.2, 0.25) is 5.91 Å². The summed E-state index contributed by atoms with van der Waals surface area (Å²) in [6, 6.07) is 2.02. The number of nitrogens with zero attached hydrogens (tertiary/aromatic N) is 3. The molecule has 0 radical (unpaired) electrons. The maximum Gasteiger partial charge on any atom is 0.230 e. The largest absolute Gasteiger partial charge is 0.353 e. The summed E-state index contributed by atoms with van der Waals surface area (Å²) in [7, 11) is 0. The summed E-state index contributed by atoms with van der Waals surface area (Å²) in [6.45, 7) is 8.78. The van der Waals surface area contributed by atoms with E-state index in [9.17, 15) is 4.79 Å². The van der Waals surface area contributed by atoms with E-state index in [4.69, 9.17) is 11.6 Å². The summed E-state index contributed by atoms with van der Waals surface area (Å²) in [4.78, 5) is 22.8. The third-order valence-electron chi connectivity index (χ3n) is 3.99. The quantitative estimate of drug-likeness (QED) is 0.305. The Labute approximate surface area is 158 Å². The molecule has 1 aromatic rings. The van der Waals surface area contributed by atoms with E-state index in [-0.39, 0.29) is 5.91 Å². The van der Waals surface area contributed by atoms with E-state index in [2.05, 4.69) is 28.4 Å². The highest BCUT2D eigenvalue weighted by Gasteiger charge is 2.16. The molecule has 1 amide bonds. The van der Waals surface area contributed by atoms with E-state index in [1.807, 2.05) is 4.90 Å². The fourth-order valence-corrected chi connectivity index (χ4v) is 3.72. The summed E-state index contributed by atoms with van der Waals surface area (Å²) >= 11 is 7.42. The number of anilines is 1. The standard InChI is InChI=1S/C18H25ClN4OS/c1-3-10-23(11-4-2)16-12-15(19)21-18(22-16)25-13-17(24)20-14-8-6-5-7-9-14/h3-4,12,14H,1-2,5-11,13H2,(H,20,24). The SMILES string of the molecule is C=CCN(CC=C)c1cc(Cl)nc(SCC(=O)NC2CCCCC2)n1. The van der Waals surface area contributed by atoms with Crippen LogP contribution < -0.4 is 10.2 Å². The Morgan fingerprint density at radius 3 is 2.60 bits per heavy atom. The van der Waals surface area contributed by atoms with Gasteiger partial charge in [-0.25, -0.2) is 9.97 Å². The molecule has 1 aliphatic rings. The van der Waals surface area contributed by atoms with Crippen LogP contribution in [0.5, 0.6) is 0 Å². The topological polar surface area (TPSA) is 58.1 Å². The van der Waals surface area contributed by atoms with Gasteiger partial charge in [0.25, 0.3) is 0 Å². The zero-order chi connectivity index (χ0) is 18.1. The highest BCUT2D eigenvalue weighted by molar-refractivity contribution is 7.99. The second kappa shape index (κ2) is 10.5. The molecule has 7 heteroatoms. The van der Waals surface area contributed by atoms with E-state index in [0.29, 0.717) is 41.0 Å². The number of rotatable bonds is 9. The van der Waals surface area contributed by atoms with Crippen LogP contribution in [0.2, 0.25) is 5.15 Å². The van der Waals surface area contributed by atoms with Gasteiger partial charge in [0.15, 0.2) is 5.16 Å². The van der Waals surface area contributed by atoms with Crippen molar-refractivity contribution in [1.29, 1.82) is 0 Å². The monoisotopic (exact) mass is 380 g/mol. The number of aromatic nitrogens is 2. The van der Waals surface area contributed by atoms with Gasteiger partial charge in [0.05, 0.1) is 5.75 Å². The first-order chi connectivity index (χ1) is 12.1. The summed E-state index contributed by atoms with van der Waals surface area (Å²) in [5, 5.41) is 3.96. The predicted octanol–water partition coefficient (Wildman–Crippen LogP) is 3.85. The molecule has 0 atom stereocenters. The summed E-state index contributed by atoms with van der Waals surface area (Å²) < 4.78 is 0. The Morgan fingerprint density at radius 2 is 1.96 bits per heavy atom. The third kappa shape index (κ3) is 6.71. The smallest absolute Gasteiger partial charge is 0.230 e. The number of nitrogens with one attached hydrogen (secondary N) is 1. The van der Waals surface area contributed by atoms with Gasteiger partial charge in [-0.05, 0) is 12.8 Å². The molecular weight excluding hydrogens is 356 g/mol. The minimum atomic E-state index is 0.0241. The number of hydrogen-bond acceptors (Lipinski definition) is 5. The van der Waals surface area contributed by atoms with Crippen molar-refractivity contribution in [3.63, 3.8) is 0 Å². The Bertz CT molecular complexity index is 595. The molecule has 1 fully saturated rings. The van der Waals surface area contributed by atoms with Gasteiger partial charge in [0.1, 0.15) is 11.0 Å². The third-order valence-corrected chi connectivity index (χ3v) is 5.03. The molecule has 0 aromatic carbocycles. The normalized spacial score (nSPS) is 14.8. The van der Waals surface area contributed by atoms with E-state index in [1.165, 1.54) is 31.0 Å². The average molecular weight is 381 g/mol. The Balaban J connectivity index is 1.95. The van der Waals surface area contributed by atoms with Crippen LogP contribution in [0, 0.1) is 0 Å². The molecule has 1 N–H and O–H groups in total. The van der Waals surface area contributed by atoms with Crippen LogP contribution in [0.15, 0.2) is 36.5 Å². The molecule has 1 heterocycles. The van der Waals surface area contributed by atoms with Gasteiger partial charge in [-0.2, -0.15) is 0 Å². The Morgan fingerprint density at radius 1 is 1.28 bits per heavy atom. The number of hydrogen-bond donors (Lipinski definition) is 1. The van der Waals surface area contributed by atoms with Crippen molar-refractivity contribution >= 4 is 35.1 Å². The van der Waals surface area contributed by atoms with Crippen molar-refractivity contribution in [2.75, 3.05) is 23.7 Å². The average Bonchev–Trinajstić information content (AvgIpc) is 2.60. The minimum Gasteiger partial charge on any atom is -0.353 e. The number of carbonyl (C=O) groups excluding carboxylic acids is 1. The van der Waals surface area contributed by atoms with Crippen molar-refractivity contribution < 1.29 is 4.79 Å². The number of thioether (sulfide) groups is 1. The van der Waals surface area contributed by atoms with E-state index >= 15 is 0 Å². The zero-order valence-electron chi connectivity index (χ0n) is 14.4. The molecule has 5 nitrogen and oxygen atoms in total. The molecule has 0 aliphatic heterocycles. The highest BCUT2D eigenvalue weighted by atomic mass is 35.5. The lowest BCUT2D eigenvalue weighted by atomic mass is 9.95. The van der Waals surface area contributed by atoms with Gasteiger partial charge < -0.3 is 10.2 Å². The van der Waals surface area contributed by atoms with E-state index < -0.39 is 0 Å². The molecule has 0 bridgehead atoms. The van der Waals surface area contributed by atoms with Crippen LogP contribution in [0.25, 0.3) is 0 Å². The molecule has 1 aromatic heterocycles. The lowest BCUT2D eigenvalue weighted by Gasteiger charge is -2.22. The molecule has 1 saturated carbocycles. The van der Waals surface area contributed by atoms with Crippen LogP contribution in [-0.4, -0.2) is 40.8 Å². The van der Waals surface area contributed by atoms with Gasteiger partial charge in [-0.15, -0.1) is 13.2 Å². The second-order valence-corrected chi connectivity index (χ2v) is 7.33. The summed E-state index contributed by atoms with van der Waals surface area (Å²) in [5.41, 5.74) is 0. The first-order valence-electron chi connectivity index (χ1n) is 8.56. The van der Waals surface area contributed by atoms with Crippen molar-refractivity contribution in [1.82, 2.24) is 15.3 Å². The van der Waals surface area contributed by atoms with Crippen molar-refractivity contribution in [3.8, 4) is 0 Å². The molecule has 1 aliphatic carbocycles. The highest BCUT2D eigenvalue weighted by Crippen LogP contribution is 2.22. The minimum absolute atomic E-state index is 0.0241. The molecule has 0 unspecified atom stereocenters. The van der Waals surface area contributed by atoms with Gasteiger partial charge in [0, 0.05) is 25.2 Å². The first kappa shape index (κ1) is 19.8. The lowest BCUT2D eigenvalue weighted by Crippen LogP contribution is -2.37. The molecule has 136 valence electrons. The van der Waals surface area contributed by atoms with E-state index in [0.717, 1.165) is 12.8 Å². The van der Waals surface area contributed by atoms with Crippen molar-refractivity contribution in [2.45, 2.75) is 43.3 Å². The van der Waals surface area contributed by atoms with Crippen LogP contribution in [0.3, 0.4) is 0 Å².